The first-order valence-corrected chi connectivity index (χ1v) is 10.5. The molecule has 0 radical (unpaired) electrons. The highest BCUT2D eigenvalue weighted by Crippen LogP contribution is 2.19. The zero-order chi connectivity index (χ0) is 19.4. The molecular formula is C21H22N2O3S. The zero-order valence-corrected chi connectivity index (χ0v) is 16.2. The van der Waals surface area contributed by atoms with Crippen molar-refractivity contribution < 1.29 is 13.2 Å². The van der Waals surface area contributed by atoms with E-state index in [-0.39, 0.29) is 12.5 Å². The highest BCUT2D eigenvalue weighted by Gasteiger charge is 2.20. The minimum absolute atomic E-state index is 0.254. The summed E-state index contributed by atoms with van der Waals surface area (Å²) in [6.45, 7) is 1.97. The Labute approximate surface area is 159 Å². The van der Waals surface area contributed by atoms with Gasteiger partial charge in [0.05, 0.1) is 11.9 Å². The van der Waals surface area contributed by atoms with E-state index >= 15 is 0 Å². The summed E-state index contributed by atoms with van der Waals surface area (Å²) >= 11 is 0. The van der Waals surface area contributed by atoms with E-state index in [1.807, 2.05) is 55.5 Å². The summed E-state index contributed by atoms with van der Waals surface area (Å²) in [6, 6.07) is 21.1. The van der Waals surface area contributed by atoms with Crippen LogP contribution < -0.4 is 9.62 Å². The van der Waals surface area contributed by atoms with Gasteiger partial charge in [0.15, 0.2) is 0 Å². The van der Waals surface area contributed by atoms with Gasteiger partial charge >= 0.3 is 0 Å². The second-order valence-corrected chi connectivity index (χ2v) is 8.47. The quantitative estimate of drug-likeness (QED) is 0.712. The standard InChI is InChI=1S/C21H22N2O3S/c1-16-6-5-9-20(12-16)23(27(2,25)26)15-21(24)22-14-17-10-11-18-7-3-4-8-19(18)13-17/h3-13H,14-15H2,1-2H3,(H,22,24). The number of amides is 1. The predicted molar refractivity (Wildman–Crippen MR) is 109 cm³/mol. The molecule has 140 valence electrons. The molecule has 0 fully saturated rings. The number of sulfonamides is 1. The molecule has 6 heteroatoms. The maximum atomic E-state index is 12.4. The normalized spacial score (nSPS) is 11.3. The van der Waals surface area contributed by atoms with Crippen molar-refractivity contribution in [2.45, 2.75) is 13.5 Å². The molecule has 0 saturated heterocycles. The second kappa shape index (κ2) is 7.80. The van der Waals surface area contributed by atoms with Crippen molar-refractivity contribution in [3.8, 4) is 0 Å². The van der Waals surface area contributed by atoms with Crippen LogP contribution in [0, 0.1) is 6.92 Å². The molecule has 3 rings (SSSR count). The SMILES string of the molecule is Cc1cccc(N(CC(=O)NCc2ccc3ccccc3c2)S(C)(=O)=O)c1. The van der Waals surface area contributed by atoms with Crippen molar-refractivity contribution in [3.63, 3.8) is 0 Å². The molecule has 0 aliphatic heterocycles. The predicted octanol–water partition coefficient (Wildman–Crippen LogP) is 3.23. The fourth-order valence-electron chi connectivity index (χ4n) is 2.92. The molecule has 0 aliphatic rings. The zero-order valence-electron chi connectivity index (χ0n) is 15.3. The van der Waals surface area contributed by atoms with Crippen molar-refractivity contribution in [1.82, 2.24) is 5.32 Å². The average molecular weight is 382 g/mol. The summed E-state index contributed by atoms with van der Waals surface area (Å²) in [7, 11) is -3.57. The number of nitrogens with zero attached hydrogens (tertiary/aromatic N) is 1. The molecule has 0 spiro atoms. The molecule has 1 amide bonds. The minimum Gasteiger partial charge on any atom is -0.350 e. The molecule has 3 aromatic rings. The van der Waals surface area contributed by atoms with Crippen LogP contribution in [0.4, 0.5) is 5.69 Å². The Hall–Kier alpha value is -2.86. The van der Waals surface area contributed by atoms with Crippen LogP contribution in [0.25, 0.3) is 10.8 Å². The first-order chi connectivity index (χ1) is 12.8. The molecule has 5 nitrogen and oxygen atoms in total. The van der Waals surface area contributed by atoms with E-state index in [4.69, 9.17) is 0 Å². The first kappa shape index (κ1) is 18.9. The molecule has 0 heterocycles. The van der Waals surface area contributed by atoms with Crippen molar-refractivity contribution in [2.24, 2.45) is 0 Å². The van der Waals surface area contributed by atoms with Crippen LogP contribution >= 0.6 is 0 Å². The number of benzene rings is 3. The van der Waals surface area contributed by atoms with Crippen molar-refractivity contribution in [2.75, 3.05) is 17.1 Å². The minimum atomic E-state index is -3.57. The summed E-state index contributed by atoms with van der Waals surface area (Å²) < 4.78 is 25.4. The van der Waals surface area contributed by atoms with Gasteiger partial charge in [-0.25, -0.2) is 8.42 Å². The number of hydrogen-bond donors (Lipinski definition) is 1. The van der Waals surface area contributed by atoms with Gasteiger partial charge in [-0.15, -0.1) is 0 Å². The van der Waals surface area contributed by atoms with E-state index in [0.29, 0.717) is 12.2 Å². The molecule has 27 heavy (non-hydrogen) atoms. The highest BCUT2D eigenvalue weighted by atomic mass is 32.2. The Bertz CT molecular complexity index is 1080. The molecule has 0 saturated carbocycles. The Morgan fingerprint density at radius 1 is 0.963 bits per heavy atom. The van der Waals surface area contributed by atoms with Gasteiger partial charge in [0, 0.05) is 6.54 Å². The Morgan fingerprint density at radius 3 is 2.41 bits per heavy atom. The smallest absolute Gasteiger partial charge is 0.241 e. The average Bonchev–Trinajstić information content (AvgIpc) is 2.63. The van der Waals surface area contributed by atoms with Gasteiger partial charge in [-0.1, -0.05) is 48.5 Å². The lowest BCUT2D eigenvalue weighted by atomic mass is 10.1. The molecule has 3 aromatic carbocycles. The van der Waals surface area contributed by atoms with E-state index in [2.05, 4.69) is 5.32 Å². The van der Waals surface area contributed by atoms with E-state index < -0.39 is 10.0 Å². The van der Waals surface area contributed by atoms with Gasteiger partial charge in [-0.05, 0) is 47.0 Å². The second-order valence-electron chi connectivity index (χ2n) is 6.57. The van der Waals surface area contributed by atoms with Crippen molar-refractivity contribution in [1.29, 1.82) is 0 Å². The number of rotatable bonds is 6. The van der Waals surface area contributed by atoms with Gasteiger partial charge in [-0.3, -0.25) is 9.10 Å². The number of anilines is 1. The summed E-state index contributed by atoms with van der Waals surface area (Å²) in [5.41, 5.74) is 2.37. The fraction of sp³-hybridized carbons (Fsp3) is 0.190. The Morgan fingerprint density at radius 2 is 1.70 bits per heavy atom. The van der Waals surface area contributed by atoms with Crippen molar-refractivity contribution >= 4 is 32.4 Å². The van der Waals surface area contributed by atoms with Crippen LogP contribution in [-0.4, -0.2) is 27.1 Å². The summed E-state index contributed by atoms with van der Waals surface area (Å²) in [4.78, 5) is 12.4. The summed E-state index contributed by atoms with van der Waals surface area (Å²) in [5, 5.41) is 5.04. The monoisotopic (exact) mass is 382 g/mol. The summed E-state index contributed by atoms with van der Waals surface area (Å²) in [6.07, 6.45) is 1.10. The number of carbonyl (C=O) groups excluding carboxylic acids is 1. The fourth-order valence-corrected chi connectivity index (χ4v) is 3.77. The third-order valence-corrected chi connectivity index (χ3v) is 5.42. The molecule has 1 N–H and O–H groups in total. The summed E-state index contributed by atoms with van der Waals surface area (Å²) in [5.74, 6) is -0.352. The third-order valence-electron chi connectivity index (χ3n) is 4.28. The van der Waals surface area contributed by atoms with E-state index in [0.717, 1.165) is 32.5 Å². The van der Waals surface area contributed by atoms with Crippen LogP contribution in [0.5, 0.6) is 0 Å². The van der Waals surface area contributed by atoms with E-state index in [1.165, 1.54) is 0 Å². The van der Waals surface area contributed by atoms with Gasteiger partial charge in [0.25, 0.3) is 0 Å². The largest absolute Gasteiger partial charge is 0.350 e. The number of carbonyl (C=O) groups is 1. The maximum absolute atomic E-state index is 12.4. The molecule has 0 aliphatic carbocycles. The number of nitrogens with one attached hydrogen (secondary N) is 1. The lowest BCUT2D eigenvalue weighted by molar-refractivity contribution is -0.119. The van der Waals surface area contributed by atoms with Gasteiger partial charge in [-0.2, -0.15) is 0 Å². The molecule has 0 bridgehead atoms. The van der Waals surface area contributed by atoms with E-state index in [1.54, 1.807) is 18.2 Å². The molecule has 0 aromatic heterocycles. The first-order valence-electron chi connectivity index (χ1n) is 8.62. The maximum Gasteiger partial charge on any atom is 0.241 e. The number of hydrogen-bond acceptors (Lipinski definition) is 3. The van der Waals surface area contributed by atoms with Crippen LogP contribution in [0.2, 0.25) is 0 Å². The topological polar surface area (TPSA) is 66.5 Å². The lowest BCUT2D eigenvalue weighted by Crippen LogP contribution is -2.40. The number of aryl methyl sites for hydroxylation is 1. The molecule has 0 atom stereocenters. The Kier molecular flexibility index (Phi) is 5.46. The van der Waals surface area contributed by atoms with Gasteiger partial charge < -0.3 is 5.32 Å². The van der Waals surface area contributed by atoms with Gasteiger partial charge in [0.2, 0.25) is 15.9 Å². The van der Waals surface area contributed by atoms with Crippen LogP contribution in [-0.2, 0) is 21.4 Å². The van der Waals surface area contributed by atoms with Crippen molar-refractivity contribution in [3.05, 3.63) is 77.9 Å². The third kappa shape index (κ3) is 4.86. The number of fused-ring (bicyclic) bond motifs is 1. The highest BCUT2D eigenvalue weighted by molar-refractivity contribution is 7.92. The molecule has 0 unspecified atom stereocenters. The van der Waals surface area contributed by atoms with Gasteiger partial charge in [0.1, 0.15) is 6.54 Å². The lowest BCUT2D eigenvalue weighted by Gasteiger charge is -2.22. The van der Waals surface area contributed by atoms with Crippen LogP contribution in [0.1, 0.15) is 11.1 Å². The van der Waals surface area contributed by atoms with Crippen LogP contribution in [0.3, 0.4) is 0 Å². The molecular weight excluding hydrogens is 360 g/mol. The Balaban J connectivity index is 1.70. The van der Waals surface area contributed by atoms with E-state index in [9.17, 15) is 13.2 Å². The van der Waals surface area contributed by atoms with Crippen LogP contribution in [0.15, 0.2) is 66.7 Å².